The summed E-state index contributed by atoms with van der Waals surface area (Å²) < 4.78 is 5.08. The lowest BCUT2D eigenvalue weighted by molar-refractivity contribution is -0.139. The van der Waals surface area contributed by atoms with E-state index >= 15 is 0 Å². The Morgan fingerprint density at radius 2 is 2.12 bits per heavy atom. The number of carboxylic acid groups (broad SMARTS) is 1. The molecule has 0 saturated heterocycles. The van der Waals surface area contributed by atoms with Crippen LogP contribution >= 0.6 is 0 Å². The van der Waals surface area contributed by atoms with Crippen molar-refractivity contribution in [2.75, 3.05) is 26.8 Å². The molecule has 0 rings (SSSR count). The number of hydrogen-bond donors (Lipinski definition) is 3. The number of carbonyl (C=O) groups excluding carboxylic acids is 1. The molecule has 0 saturated carbocycles. The first kappa shape index (κ1) is 14.9. The van der Waals surface area contributed by atoms with Gasteiger partial charge in [-0.1, -0.05) is 0 Å². The molecule has 0 aliphatic heterocycles. The number of aliphatic carboxylic acids is 1. The van der Waals surface area contributed by atoms with Gasteiger partial charge in [0.05, 0.1) is 6.61 Å². The van der Waals surface area contributed by atoms with Gasteiger partial charge in [0.25, 0.3) is 0 Å². The average Bonchev–Trinajstić information content (AvgIpc) is 2.27. The summed E-state index contributed by atoms with van der Waals surface area (Å²) in [5.41, 5.74) is 0. The lowest BCUT2D eigenvalue weighted by atomic mass is 10.1. The Labute approximate surface area is 95.4 Å². The standard InChI is InChI=1S/C10H20N2O4/c1-3-16-7-6-12-8(10(14)15)4-5-9(13)11-2/h8,12H,3-7H2,1-2H3,(H,11,13)(H,14,15)/t8-/m1/s1. The first-order valence-corrected chi connectivity index (χ1v) is 5.36. The molecule has 94 valence electrons. The first-order chi connectivity index (χ1) is 7.61. The SMILES string of the molecule is CCOCCN[C@H](CCC(=O)NC)C(=O)O. The summed E-state index contributed by atoms with van der Waals surface area (Å²) in [6.07, 6.45) is 0.482. The van der Waals surface area contributed by atoms with Gasteiger partial charge in [0.2, 0.25) is 5.91 Å². The van der Waals surface area contributed by atoms with E-state index in [9.17, 15) is 9.59 Å². The van der Waals surface area contributed by atoms with E-state index in [1.807, 2.05) is 6.92 Å². The predicted octanol–water partition coefficient (Wildman–Crippen LogP) is -0.408. The molecule has 0 fully saturated rings. The molecular weight excluding hydrogens is 212 g/mol. The average molecular weight is 232 g/mol. The molecule has 1 amide bonds. The van der Waals surface area contributed by atoms with Crippen LogP contribution in [0.5, 0.6) is 0 Å². The number of hydrogen-bond acceptors (Lipinski definition) is 4. The topological polar surface area (TPSA) is 87.7 Å². The molecule has 0 heterocycles. The number of nitrogens with one attached hydrogen (secondary N) is 2. The molecular formula is C10H20N2O4. The van der Waals surface area contributed by atoms with Crippen molar-refractivity contribution in [2.45, 2.75) is 25.8 Å². The summed E-state index contributed by atoms with van der Waals surface area (Å²) in [5.74, 6) is -1.10. The van der Waals surface area contributed by atoms with Crippen LogP contribution in [0.3, 0.4) is 0 Å². The van der Waals surface area contributed by atoms with Gasteiger partial charge in [0.1, 0.15) is 6.04 Å². The van der Waals surface area contributed by atoms with E-state index in [4.69, 9.17) is 9.84 Å². The van der Waals surface area contributed by atoms with E-state index in [1.54, 1.807) is 0 Å². The van der Waals surface area contributed by atoms with E-state index in [-0.39, 0.29) is 18.7 Å². The fraction of sp³-hybridized carbons (Fsp3) is 0.800. The largest absolute Gasteiger partial charge is 0.480 e. The second-order valence-corrected chi connectivity index (χ2v) is 3.25. The van der Waals surface area contributed by atoms with Crippen molar-refractivity contribution in [3.8, 4) is 0 Å². The number of rotatable bonds is 9. The van der Waals surface area contributed by atoms with Crippen molar-refractivity contribution in [1.82, 2.24) is 10.6 Å². The van der Waals surface area contributed by atoms with Crippen LogP contribution in [0.4, 0.5) is 0 Å². The van der Waals surface area contributed by atoms with E-state index in [0.717, 1.165) is 0 Å². The van der Waals surface area contributed by atoms with E-state index in [1.165, 1.54) is 7.05 Å². The Morgan fingerprint density at radius 3 is 2.62 bits per heavy atom. The molecule has 0 unspecified atom stereocenters. The molecule has 0 aromatic heterocycles. The fourth-order valence-electron chi connectivity index (χ4n) is 1.16. The zero-order chi connectivity index (χ0) is 12.4. The molecule has 0 radical (unpaired) electrons. The van der Waals surface area contributed by atoms with Gasteiger partial charge >= 0.3 is 5.97 Å². The molecule has 6 nitrogen and oxygen atoms in total. The maximum absolute atomic E-state index is 11.0. The van der Waals surface area contributed by atoms with Crippen molar-refractivity contribution < 1.29 is 19.4 Å². The highest BCUT2D eigenvalue weighted by molar-refractivity contribution is 5.78. The summed E-state index contributed by atoms with van der Waals surface area (Å²) in [7, 11) is 1.53. The normalized spacial score (nSPS) is 12.1. The first-order valence-electron chi connectivity index (χ1n) is 5.36. The minimum absolute atomic E-state index is 0.155. The Hall–Kier alpha value is -1.14. The molecule has 16 heavy (non-hydrogen) atoms. The van der Waals surface area contributed by atoms with Gasteiger partial charge in [-0.25, -0.2) is 0 Å². The second-order valence-electron chi connectivity index (χ2n) is 3.25. The summed E-state index contributed by atoms with van der Waals surface area (Å²) >= 11 is 0. The highest BCUT2D eigenvalue weighted by Crippen LogP contribution is 1.97. The van der Waals surface area contributed by atoms with Crippen LogP contribution < -0.4 is 10.6 Å². The van der Waals surface area contributed by atoms with Crippen LogP contribution in [-0.2, 0) is 14.3 Å². The lowest BCUT2D eigenvalue weighted by Crippen LogP contribution is -2.39. The quantitative estimate of drug-likeness (QED) is 0.470. The monoisotopic (exact) mass is 232 g/mol. The van der Waals surface area contributed by atoms with Crippen molar-refractivity contribution in [1.29, 1.82) is 0 Å². The minimum atomic E-state index is -0.944. The number of amides is 1. The third-order valence-corrected chi connectivity index (χ3v) is 2.08. The molecule has 3 N–H and O–H groups in total. The Balaban J connectivity index is 3.80. The van der Waals surface area contributed by atoms with E-state index in [2.05, 4.69) is 10.6 Å². The molecule has 0 aliphatic carbocycles. The molecule has 1 atom stereocenters. The van der Waals surface area contributed by atoms with Crippen LogP contribution in [0.2, 0.25) is 0 Å². The maximum atomic E-state index is 11.0. The second kappa shape index (κ2) is 9.11. The van der Waals surface area contributed by atoms with E-state index < -0.39 is 12.0 Å². The third-order valence-electron chi connectivity index (χ3n) is 2.08. The Bertz CT molecular complexity index is 221. The summed E-state index contributed by atoms with van der Waals surface area (Å²) in [4.78, 5) is 21.8. The molecule has 6 heteroatoms. The third kappa shape index (κ3) is 7.19. The van der Waals surface area contributed by atoms with Crippen LogP contribution in [0, 0.1) is 0 Å². The van der Waals surface area contributed by atoms with Crippen LogP contribution in [0.1, 0.15) is 19.8 Å². The van der Waals surface area contributed by atoms with Gasteiger partial charge in [-0.3, -0.25) is 9.59 Å². The van der Waals surface area contributed by atoms with Gasteiger partial charge in [-0.05, 0) is 13.3 Å². The smallest absolute Gasteiger partial charge is 0.320 e. The molecule has 0 aromatic rings. The van der Waals surface area contributed by atoms with Gasteiger partial charge in [0, 0.05) is 26.6 Å². The van der Waals surface area contributed by atoms with Gasteiger partial charge in [-0.2, -0.15) is 0 Å². The Kier molecular flexibility index (Phi) is 8.46. The van der Waals surface area contributed by atoms with Crippen LogP contribution in [0.25, 0.3) is 0 Å². The summed E-state index contributed by atoms with van der Waals surface area (Å²) in [6.45, 7) is 3.43. The number of ether oxygens (including phenoxy) is 1. The summed E-state index contributed by atoms with van der Waals surface area (Å²) in [6, 6.07) is -0.697. The van der Waals surface area contributed by atoms with Gasteiger partial charge < -0.3 is 20.5 Å². The minimum Gasteiger partial charge on any atom is -0.480 e. The molecule has 0 bridgehead atoms. The lowest BCUT2D eigenvalue weighted by Gasteiger charge is -2.13. The van der Waals surface area contributed by atoms with Crippen molar-refractivity contribution in [2.24, 2.45) is 0 Å². The molecule has 0 aliphatic rings. The van der Waals surface area contributed by atoms with Crippen molar-refractivity contribution >= 4 is 11.9 Å². The zero-order valence-electron chi connectivity index (χ0n) is 9.78. The highest BCUT2D eigenvalue weighted by atomic mass is 16.5. The zero-order valence-corrected chi connectivity index (χ0v) is 9.78. The van der Waals surface area contributed by atoms with Crippen LogP contribution in [-0.4, -0.2) is 49.8 Å². The molecule has 0 spiro atoms. The molecule has 0 aromatic carbocycles. The van der Waals surface area contributed by atoms with Crippen molar-refractivity contribution in [3.63, 3.8) is 0 Å². The fourth-order valence-corrected chi connectivity index (χ4v) is 1.16. The Morgan fingerprint density at radius 1 is 1.44 bits per heavy atom. The van der Waals surface area contributed by atoms with Crippen LogP contribution in [0.15, 0.2) is 0 Å². The maximum Gasteiger partial charge on any atom is 0.320 e. The number of carbonyl (C=O) groups is 2. The number of carboxylic acids is 1. The summed E-state index contributed by atoms with van der Waals surface area (Å²) in [5, 5.41) is 14.2. The van der Waals surface area contributed by atoms with Crippen molar-refractivity contribution in [3.05, 3.63) is 0 Å². The predicted molar refractivity (Wildman–Crippen MR) is 59.2 cm³/mol. The highest BCUT2D eigenvalue weighted by Gasteiger charge is 2.17. The van der Waals surface area contributed by atoms with Gasteiger partial charge in [0.15, 0.2) is 0 Å². The van der Waals surface area contributed by atoms with Gasteiger partial charge in [-0.15, -0.1) is 0 Å². The van der Waals surface area contributed by atoms with E-state index in [0.29, 0.717) is 19.8 Å².